The van der Waals surface area contributed by atoms with Crippen LogP contribution in [-0.4, -0.2) is 23.4 Å². The van der Waals surface area contributed by atoms with Crippen molar-refractivity contribution in [3.05, 3.63) is 35.4 Å². The van der Waals surface area contributed by atoms with Crippen LogP contribution < -0.4 is 0 Å². The number of nitrogens with zero attached hydrogens (tertiary/aromatic N) is 1. The van der Waals surface area contributed by atoms with Crippen molar-refractivity contribution in [1.29, 1.82) is 0 Å². The molecule has 0 radical (unpaired) electrons. The molecule has 1 amide bonds. The molecule has 2 aliphatic rings. The summed E-state index contributed by atoms with van der Waals surface area (Å²) >= 11 is 5.80. The molecule has 2 nitrogen and oxygen atoms in total. The van der Waals surface area contributed by atoms with Crippen LogP contribution in [-0.2, 0) is 5.88 Å². The van der Waals surface area contributed by atoms with E-state index in [-0.39, 0.29) is 5.91 Å². The first-order chi connectivity index (χ1) is 9.79. The number of carbonyl (C=O) groups excluding carboxylic acids is 1. The van der Waals surface area contributed by atoms with Gasteiger partial charge in [-0.2, -0.15) is 0 Å². The Balaban J connectivity index is 1.77. The second-order valence-corrected chi connectivity index (χ2v) is 6.35. The number of fused-ring (bicyclic) bond motifs is 1. The third-order valence-electron chi connectivity index (χ3n) is 4.86. The fourth-order valence-corrected chi connectivity index (χ4v) is 3.96. The van der Waals surface area contributed by atoms with Crippen molar-refractivity contribution < 1.29 is 4.79 Å². The molecular formula is C17H22ClNO. The minimum absolute atomic E-state index is 0.211. The van der Waals surface area contributed by atoms with Crippen molar-refractivity contribution >= 4 is 17.5 Å². The second kappa shape index (κ2) is 6.17. The Labute approximate surface area is 126 Å². The van der Waals surface area contributed by atoms with Crippen LogP contribution in [0, 0.1) is 5.92 Å². The molecule has 3 rings (SSSR count). The van der Waals surface area contributed by atoms with Crippen LogP contribution in [0.2, 0.25) is 0 Å². The molecule has 2 fully saturated rings. The zero-order chi connectivity index (χ0) is 13.9. The predicted molar refractivity (Wildman–Crippen MR) is 82.0 cm³/mol. The molecule has 1 saturated carbocycles. The van der Waals surface area contributed by atoms with Crippen LogP contribution in [0.3, 0.4) is 0 Å². The van der Waals surface area contributed by atoms with Gasteiger partial charge in [-0.3, -0.25) is 4.79 Å². The number of carbonyl (C=O) groups is 1. The SMILES string of the molecule is O=C(c1ccc(CCl)cc1)N1CCC[C@H]2CCCC[C@H]21. The number of alkyl halides is 1. The van der Waals surface area contributed by atoms with E-state index < -0.39 is 0 Å². The topological polar surface area (TPSA) is 20.3 Å². The van der Waals surface area contributed by atoms with Gasteiger partial charge in [0.05, 0.1) is 0 Å². The summed E-state index contributed by atoms with van der Waals surface area (Å²) in [6.45, 7) is 0.928. The number of hydrogen-bond donors (Lipinski definition) is 0. The molecule has 1 aromatic carbocycles. The minimum atomic E-state index is 0.211. The number of benzene rings is 1. The molecule has 1 aliphatic carbocycles. The van der Waals surface area contributed by atoms with Gasteiger partial charge in [0, 0.05) is 24.0 Å². The van der Waals surface area contributed by atoms with Gasteiger partial charge in [-0.25, -0.2) is 0 Å². The average Bonchev–Trinajstić information content (AvgIpc) is 2.54. The van der Waals surface area contributed by atoms with E-state index in [4.69, 9.17) is 11.6 Å². The molecule has 1 aromatic rings. The number of hydrogen-bond acceptors (Lipinski definition) is 1. The van der Waals surface area contributed by atoms with Crippen LogP contribution in [0.15, 0.2) is 24.3 Å². The summed E-state index contributed by atoms with van der Waals surface area (Å²) in [4.78, 5) is 14.9. The van der Waals surface area contributed by atoms with Crippen LogP contribution in [0.25, 0.3) is 0 Å². The summed E-state index contributed by atoms with van der Waals surface area (Å²) in [6.07, 6.45) is 7.58. The number of halogens is 1. The van der Waals surface area contributed by atoms with Crippen molar-refractivity contribution in [2.75, 3.05) is 6.54 Å². The predicted octanol–water partition coefficient (Wildman–Crippen LogP) is 4.22. The van der Waals surface area contributed by atoms with E-state index in [0.717, 1.165) is 30.0 Å². The quantitative estimate of drug-likeness (QED) is 0.747. The Morgan fingerprint density at radius 2 is 1.80 bits per heavy atom. The molecule has 1 saturated heterocycles. The summed E-state index contributed by atoms with van der Waals surface area (Å²) < 4.78 is 0. The van der Waals surface area contributed by atoms with Crippen LogP contribution in [0.1, 0.15) is 54.4 Å². The molecule has 0 bridgehead atoms. The van der Waals surface area contributed by atoms with E-state index in [0.29, 0.717) is 11.9 Å². The van der Waals surface area contributed by atoms with Crippen LogP contribution >= 0.6 is 11.6 Å². The van der Waals surface area contributed by atoms with E-state index in [1.54, 1.807) is 0 Å². The first-order valence-electron chi connectivity index (χ1n) is 7.75. The lowest BCUT2D eigenvalue weighted by Gasteiger charge is -2.44. The molecule has 108 valence electrons. The second-order valence-electron chi connectivity index (χ2n) is 6.08. The van der Waals surface area contributed by atoms with Gasteiger partial charge in [0.2, 0.25) is 0 Å². The Kier molecular flexibility index (Phi) is 4.30. The van der Waals surface area contributed by atoms with Gasteiger partial charge in [-0.1, -0.05) is 25.0 Å². The lowest BCUT2D eigenvalue weighted by atomic mass is 9.78. The number of likely N-dealkylation sites (tertiary alicyclic amines) is 1. The smallest absolute Gasteiger partial charge is 0.254 e. The molecule has 0 N–H and O–H groups in total. The van der Waals surface area contributed by atoms with Crippen molar-refractivity contribution in [2.45, 2.75) is 50.4 Å². The zero-order valence-corrected chi connectivity index (χ0v) is 12.6. The van der Waals surface area contributed by atoms with Gasteiger partial charge in [0.1, 0.15) is 0 Å². The summed E-state index contributed by atoms with van der Waals surface area (Å²) in [5, 5.41) is 0. The first-order valence-corrected chi connectivity index (χ1v) is 8.29. The van der Waals surface area contributed by atoms with E-state index in [1.807, 2.05) is 24.3 Å². The van der Waals surface area contributed by atoms with Crippen LogP contribution in [0.5, 0.6) is 0 Å². The third-order valence-corrected chi connectivity index (χ3v) is 5.17. The van der Waals surface area contributed by atoms with Gasteiger partial charge < -0.3 is 4.90 Å². The van der Waals surface area contributed by atoms with Gasteiger partial charge in [-0.05, 0) is 49.3 Å². The van der Waals surface area contributed by atoms with Crippen molar-refractivity contribution in [1.82, 2.24) is 4.90 Å². The Morgan fingerprint density at radius 1 is 1.10 bits per heavy atom. The maximum atomic E-state index is 12.7. The molecule has 1 aliphatic heterocycles. The maximum absolute atomic E-state index is 12.7. The standard InChI is InChI=1S/C17H22ClNO/c18-12-13-7-9-15(10-8-13)17(20)19-11-3-5-14-4-1-2-6-16(14)19/h7-10,14,16H,1-6,11-12H2/t14-,16-/m1/s1. The summed E-state index contributed by atoms with van der Waals surface area (Å²) in [6, 6.07) is 8.25. The number of amides is 1. The van der Waals surface area contributed by atoms with Crippen molar-refractivity contribution in [3.63, 3.8) is 0 Å². The van der Waals surface area contributed by atoms with Gasteiger partial charge in [0.15, 0.2) is 0 Å². The zero-order valence-electron chi connectivity index (χ0n) is 11.9. The molecular weight excluding hydrogens is 270 g/mol. The van der Waals surface area contributed by atoms with Crippen molar-refractivity contribution in [3.8, 4) is 0 Å². The van der Waals surface area contributed by atoms with E-state index in [2.05, 4.69) is 4.90 Å². The highest BCUT2D eigenvalue weighted by atomic mass is 35.5. The van der Waals surface area contributed by atoms with E-state index in [9.17, 15) is 4.79 Å². The summed E-state index contributed by atoms with van der Waals surface area (Å²) in [5.41, 5.74) is 1.88. The summed E-state index contributed by atoms with van der Waals surface area (Å²) in [7, 11) is 0. The highest BCUT2D eigenvalue weighted by molar-refractivity contribution is 6.17. The maximum Gasteiger partial charge on any atom is 0.254 e. The Bertz CT molecular complexity index is 468. The molecule has 1 heterocycles. The van der Waals surface area contributed by atoms with Gasteiger partial charge in [0.25, 0.3) is 5.91 Å². The number of rotatable bonds is 2. The third kappa shape index (κ3) is 2.71. The molecule has 0 unspecified atom stereocenters. The summed E-state index contributed by atoms with van der Waals surface area (Å²) in [5.74, 6) is 1.45. The highest BCUT2D eigenvalue weighted by Crippen LogP contribution is 2.35. The molecule has 20 heavy (non-hydrogen) atoms. The lowest BCUT2D eigenvalue weighted by Crippen LogP contribution is -2.49. The average molecular weight is 292 g/mol. The van der Waals surface area contributed by atoms with Crippen molar-refractivity contribution in [2.24, 2.45) is 5.92 Å². The lowest BCUT2D eigenvalue weighted by molar-refractivity contribution is 0.0390. The highest BCUT2D eigenvalue weighted by Gasteiger charge is 2.35. The Hall–Kier alpha value is -1.02. The van der Waals surface area contributed by atoms with Crippen LogP contribution in [0.4, 0.5) is 0 Å². The number of piperidine rings is 1. The first kappa shape index (κ1) is 13.9. The molecule has 2 atom stereocenters. The van der Waals surface area contributed by atoms with E-state index >= 15 is 0 Å². The fraction of sp³-hybridized carbons (Fsp3) is 0.588. The molecule has 0 spiro atoms. The fourth-order valence-electron chi connectivity index (χ4n) is 3.78. The van der Waals surface area contributed by atoms with Gasteiger partial charge in [-0.15, -0.1) is 11.6 Å². The largest absolute Gasteiger partial charge is 0.335 e. The Morgan fingerprint density at radius 3 is 2.55 bits per heavy atom. The molecule has 3 heteroatoms. The molecule has 0 aromatic heterocycles. The van der Waals surface area contributed by atoms with E-state index in [1.165, 1.54) is 32.1 Å². The van der Waals surface area contributed by atoms with Gasteiger partial charge >= 0.3 is 0 Å². The monoisotopic (exact) mass is 291 g/mol. The normalized spacial score (nSPS) is 26.1. The minimum Gasteiger partial charge on any atom is -0.335 e.